The lowest BCUT2D eigenvalue weighted by Crippen LogP contribution is -2.16. The van der Waals surface area contributed by atoms with Gasteiger partial charge in [-0.1, -0.05) is 42.5 Å². The maximum absolute atomic E-state index is 5.76. The van der Waals surface area contributed by atoms with E-state index in [4.69, 9.17) is 9.73 Å². The van der Waals surface area contributed by atoms with Gasteiger partial charge in [0, 0.05) is 12.4 Å². The highest BCUT2D eigenvalue weighted by Gasteiger charge is 2.13. The molecule has 0 saturated heterocycles. The van der Waals surface area contributed by atoms with Gasteiger partial charge in [0.1, 0.15) is 18.0 Å². The highest BCUT2D eigenvalue weighted by Crippen LogP contribution is 2.31. The average Bonchev–Trinajstić information content (AvgIpc) is 2.62. The Bertz CT molecular complexity index is 824. The zero-order chi connectivity index (χ0) is 14.8. The van der Waals surface area contributed by atoms with Crippen LogP contribution in [0.2, 0.25) is 0 Å². The minimum Gasteiger partial charge on any atom is -0.485 e. The van der Waals surface area contributed by atoms with Crippen LogP contribution in [-0.2, 0) is 0 Å². The number of ether oxygens (including phenoxy) is 1. The Hall–Kier alpha value is -2.94. The van der Waals surface area contributed by atoms with E-state index < -0.39 is 0 Å². The number of hydrogen-bond acceptors (Lipinski definition) is 3. The van der Waals surface area contributed by atoms with Crippen molar-refractivity contribution in [3.63, 3.8) is 0 Å². The number of fused-ring (bicyclic) bond motifs is 1. The van der Waals surface area contributed by atoms with E-state index in [2.05, 4.69) is 35.3 Å². The minimum absolute atomic E-state index is 0.503. The number of aliphatic imine (C=N–C) groups is 1. The van der Waals surface area contributed by atoms with Gasteiger partial charge in [-0.25, -0.2) is 4.99 Å². The van der Waals surface area contributed by atoms with Crippen molar-refractivity contribution in [3.05, 3.63) is 78.6 Å². The topological polar surface area (TPSA) is 34.5 Å². The molecule has 3 heteroatoms. The summed E-state index contributed by atoms with van der Waals surface area (Å²) >= 11 is 0. The van der Waals surface area contributed by atoms with Gasteiger partial charge < -0.3 is 4.74 Å². The van der Waals surface area contributed by atoms with Gasteiger partial charge >= 0.3 is 0 Å². The van der Waals surface area contributed by atoms with Gasteiger partial charge in [0.15, 0.2) is 0 Å². The van der Waals surface area contributed by atoms with E-state index >= 15 is 0 Å². The minimum atomic E-state index is 0.503. The summed E-state index contributed by atoms with van der Waals surface area (Å²) in [7, 11) is 0. The highest BCUT2D eigenvalue weighted by molar-refractivity contribution is 6.04. The molecule has 22 heavy (non-hydrogen) atoms. The largest absolute Gasteiger partial charge is 0.485 e. The van der Waals surface area contributed by atoms with Crippen LogP contribution in [0.4, 0.5) is 5.69 Å². The Balaban J connectivity index is 1.66. The molecule has 0 spiro atoms. The van der Waals surface area contributed by atoms with Gasteiger partial charge in [-0.05, 0) is 34.9 Å². The van der Waals surface area contributed by atoms with Gasteiger partial charge in [0.25, 0.3) is 0 Å². The Morgan fingerprint density at radius 2 is 1.59 bits per heavy atom. The van der Waals surface area contributed by atoms with Crippen LogP contribution in [0, 0.1) is 0 Å². The van der Waals surface area contributed by atoms with Crippen molar-refractivity contribution in [3.8, 4) is 16.9 Å². The van der Waals surface area contributed by atoms with Crippen molar-refractivity contribution >= 4 is 11.4 Å². The predicted molar refractivity (Wildman–Crippen MR) is 87.8 cm³/mol. The van der Waals surface area contributed by atoms with Crippen LogP contribution in [0.1, 0.15) is 5.56 Å². The van der Waals surface area contributed by atoms with Crippen LogP contribution in [-0.4, -0.2) is 17.3 Å². The molecular weight excluding hydrogens is 272 g/mol. The van der Waals surface area contributed by atoms with Gasteiger partial charge in [0.2, 0.25) is 0 Å². The van der Waals surface area contributed by atoms with E-state index in [1.54, 1.807) is 6.20 Å². The number of aromatic nitrogens is 1. The molecule has 4 rings (SSSR count). The average molecular weight is 286 g/mol. The predicted octanol–water partition coefficient (Wildman–Crippen LogP) is 4.26. The summed E-state index contributed by atoms with van der Waals surface area (Å²) in [6.45, 7) is 0.503. The molecular formula is C19H14N2O. The maximum Gasteiger partial charge on any atom is 0.145 e. The van der Waals surface area contributed by atoms with E-state index in [1.165, 1.54) is 0 Å². The molecule has 106 valence electrons. The molecule has 0 N–H and O–H groups in total. The molecule has 0 amide bonds. The SMILES string of the molecule is c1cncc(-c2ccc(C3=Nc4ccccc4OC3)cc2)c1. The number of para-hydroxylation sites is 2. The van der Waals surface area contributed by atoms with Crippen molar-refractivity contribution in [2.24, 2.45) is 4.99 Å². The molecule has 0 aliphatic carbocycles. The first-order valence-electron chi connectivity index (χ1n) is 7.20. The second-order valence-corrected chi connectivity index (χ2v) is 5.13. The lowest BCUT2D eigenvalue weighted by Gasteiger charge is -2.17. The summed E-state index contributed by atoms with van der Waals surface area (Å²) in [6.07, 6.45) is 3.65. The molecule has 3 aromatic rings. The van der Waals surface area contributed by atoms with Crippen molar-refractivity contribution < 1.29 is 4.74 Å². The number of hydrogen-bond donors (Lipinski definition) is 0. The van der Waals surface area contributed by atoms with Gasteiger partial charge in [-0.2, -0.15) is 0 Å². The van der Waals surface area contributed by atoms with Crippen LogP contribution >= 0.6 is 0 Å². The normalized spacial score (nSPS) is 13.0. The van der Waals surface area contributed by atoms with Crippen LogP contribution in [0.3, 0.4) is 0 Å². The molecule has 0 atom stereocenters. The number of pyridine rings is 1. The Morgan fingerprint density at radius 1 is 0.773 bits per heavy atom. The molecule has 1 aromatic heterocycles. The molecule has 0 unspecified atom stereocenters. The summed E-state index contributed by atoms with van der Waals surface area (Å²) in [4.78, 5) is 8.85. The van der Waals surface area contributed by atoms with Crippen molar-refractivity contribution in [1.82, 2.24) is 4.98 Å². The fourth-order valence-electron chi connectivity index (χ4n) is 2.53. The van der Waals surface area contributed by atoms with Gasteiger partial charge in [0.05, 0.1) is 5.71 Å². The molecule has 0 fully saturated rings. The van der Waals surface area contributed by atoms with E-state index in [9.17, 15) is 0 Å². The standard InChI is InChI=1S/C19H14N2O/c1-2-6-19-17(5-1)21-18(13-22-19)15-9-7-14(8-10-15)16-4-3-11-20-12-16/h1-12H,13H2. The van der Waals surface area contributed by atoms with Crippen LogP contribution < -0.4 is 4.74 Å². The number of benzene rings is 2. The molecule has 0 radical (unpaired) electrons. The molecule has 3 nitrogen and oxygen atoms in total. The van der Waals surface area contributed by atoms with Gasteiger partial charge in [-0.15, -0.1) is 0 Å². The Kier molecular flexibility index (Phi) is 3.16. The zero-order valence-corrected chi connectivity index (χ0v) is 11.9. The first-order chi connectivity index (χ1) is 10.9. The quantitative estimate of drug-likeness (QED) is 0.705. The lowest BCUT2D eigenvalue weighted by atomic mass is 10.0. The van der Waals surface area contributed by atoms with E-state index in [0.29, 0.717) is 6.61 Å². The van der Waals surface area contributed by atoms with Crippen molar-refractivity contribution in [2.45, 2.75) is 0 Å². The maximum atomic E-state index is 5.76. The van der Waals surface area contributed by atoms with Crippen LogP contribution in [0.5, 0.6) is 5.75 Å². The summed E-state index contributed by atoms with van der Waals surface area (Å²) in [5.74, 6) is 0.846. The smallest absolute Gasteiger partial charge is 0.145 e. The monoisotopic (exact) mass is 286 g/mol. The lowest BCUT2D eigenvalue weighted by molar-refractivity contribution is 0.373. The first-order valence-corrected chi connectivity index (χ1v) is 7.20. The summed E-state index contributed by atoms with van der Waals surface area (Å²) in [6, 6.07) is 20.2. The summed E-state index contributed by atoms with van der Waals surface area (Å²) in [5, 5.41) is 0. The Morgan fingerprint density at radius 3 is 2.41 bits per heavy atom. The third-order valence-electron chi connectivity index (χ3n) is 3.70. The third kappa shape index (κ3) is 2.37. The summed E-state index contributed by atoms with van der Waals surface area (Å²) in [5.41, 5.74) is 5.19. The second-order valence-electron chi connectivity index (χ2n) is 5.13. The van der Waals surface area contributed by atoms with Crippen LogP contribution in [0.15, 0.2) is 78.0 Å². The van der Waals surface area contributed by atoms with Crippen molar-refractivity contribution in [2.75, 3.05) is 6.61 Å². The third-order valence-corrected chi connectivity index (χ3v) is 3.70. The van der Waals surface area contributed by atoms with E-state index in [-0.39, 0.29) is 0 Å². The molecule has 0 bridgehead atoms. The highest BCUT2D eigenvalue weighted by atomic mass is 16.5. The molecule has 1 aliphatic heterocycles. The molecule has 2 heterocycles. The van der Waals surface area contributed by atoms with Crippen LogP contribution in [0.25, 0.3) is 11.1 Å². The summed E-state index contributed by atoms with van der Waals surface area (Å²) < 4.78 is 5.76. The second kappa shape index (κ2) is 5.45. The first kappa shape index (κ1) is 12.8. The van der Waals surface area contributed by atoms with Gasteiger partial charge in [-0.3, -0.25) is 4.98 Å². The fraction of sp³-hybridized carbons (Fsp3) is 0.0526. The number of rotatable bonds is 2. The fourth-order valence-corrected chi connectivity index (χ4v) is 2.53. The van der Waals surface area contributed by atoms with E-state index in [0.717, 1.165) is 33.8 Å². The zero-order valence-electron chi connectivity index (χ0n) is 11.9. The molecule has 2 aromatic carbocycles. The number of nitrogens with zero attached hydrogens (tertiary/aromatic N) is 2. The molecule has 1 aliphatic rings. The van der Waals surface area contributed by atoms with Crippen molar-refractivity contribution in [1.29, 1.82) is 0 Å². The van der Waals surface area contributed by atoms with E-state index in [1.807, 2.05) is 36.5 Å². The Labute approximate surface area is 128 Å². The molecule has 0 saturated carbocycles.